The Balaban J connectivity index is 1.72. The van der Waals surface area contributed by atoms with Gasteiger partial charge >= 0.3 is 0 Å². The highest BCUT2D eigenvalue weighted by atomic mass is 16.5. The first-order valence-corrected chi connectivity index (χ1v) is 6.18. The molecule has 0 aromatic heterocycles. The molecule has 2 aliphatic rings. The summed E-state index contributed by atoms with van der Waals surface area (Å²) in [5, 5.41) is 9.38. The Morgan fingerprint density at radius 1 is 1.38 bits per heavy atom. The second-order valence-electron chi connectivity index (χ2n) is 5.33. The van der Waals surface area contributed by atoms with Crippen molar-refractivity contribution >= 4 is 0 Å². The summed E-state index contributed by atoms with van der Waals surface area (Å²) < 4.78 is 10.4. The second-order valence-corrected chi connectivity index (χ2v) is 5.33. The zero-order valence-corrected chi connectivity index (χ0v) is 10.2. The summed E-state index contributed by atoms with van der Waals surface area (Å²) in [6.45, 7) is 5.85. The molecule has 0 aliphatic carbocycles. The van der Waals surface area contributed by atoms with E-state index in [2.05, 4.69) is 4.90 Å². The lowest BCUT2D eigenvalue weighted by molar-refractivity contribution is -0.150. The molecule has 2 fully saturated rings. The Morgan fingerprint density at radius 2 is 2.06 bits per heavy atom. The summed E-state index contributed by atoms with van der Waals surface area (Å²) in [7, 11) is 1.78. The van der Waals surface area contributed by atoms with Crippen LogP contribution < -0.4 is 0 Å². The van der Waals surface area contributed by atoms with E-state index < -0.39 is 0 Å². The number of aliphatic hydroxyl groups excluding tert-OH is 1. The molecular weight excluding hydrogens is 206 g/mol. The number of rotatable bonds is 5. The van der Waals surface area contributed by atoms with Crippen LogP contribution in [0.15, 0.2) is 0 Å². The van der Waals surface area contributed by atoms with Gasteiger partial charge in [-0.15, -0.1) is 0 Å². The Kier molecular flexibility index (Phi) is 4.19. The van der Waals surface area contributed by atoms with Crippen molar-refractivity contribution < 1.29 is 14.6 Å². The number of nitrogens with zero attached hydrogens (tertiary/aromatic N) is 1. The molecule has 0 radical (unpaired) electrons. The van der Waals surface area contributed by atoms with E-state index in [1.54, 1.807) is 7.11 Å². The normalized spacial score (nSPS) is 26.6. The van der Waals surface area contributed by atoms with Gasteiger partial charge in [0, 0.05) is 20.3 Å². The highest BCUT2D eigenvalue weighted by Crippen LogP contribution is 2.29. The maximum absolute atomic E-state index is 9.38. The third-order valence-corrected chi connectivity index (χ3v) is 3.82. The molecule has 0 aromatic rings. The smallest absolute Gasteiger partial charge is 0.0579 e. The van der Waals surface area contributed by atoms with Gasteiger partial charge in [-0.2, -0.15) is 0 Å². The molecular formula is C12H23NO3. The molecule has 0 saturated carbocycles. The van der Waals surface area contributed by atoms with Crippen molar-refractivity contribution in [3.63, 3.8) is 0 Å². The Labute approximate surface area is 97.5 Å². The van der Waals surface area contributed by atoms with Crippen LogP contribution in [-0.2, 0) is 9.47 Å². The molecule has 4 nitrogen and oxygen atoms in total. The molecule has 0 atom stereocenters. The van der Waals surface area contributed by atoms with Crippen LogP contribution >= 0.6 is 0 Å². The van der Waals surface area contributed by atoms with E-state index in [0.717, 1.165) is 45.4 Å². The molecule has 2 heterocycles. The number of piperidine rings is 1. The molecule has 2 saturated heterocycles. The van der Waals surface area contributed by atoms with Crippen LogP contribution in [0.3, 0.4) is 0 Å². The minimum Gasteiger partial charge on any atom is -0.396 e. The summed E-state index contributed by atoms with van der Waals surface area (Å²) in [5.41, 5.74) is 0.0358. The first kappa shape index (κ1) is 12.3. The second kappa shape index (κ2) is 5.45. The summed E-state index contributed by atoms with van der Waals surface area (Å²) in [6, 6.07) is 0. The quantitative estimate of drug-likeness (QED) is 0.739. The first-order chi connectivity index (χ1) is 7.78. The number of methoxy groups -OCH3 is 1. The average Bonchev–Trinajstić information content (AvgIpc) is 2.26. The van der Waals surface area contributed by atoms with Gasteiger partial charge in [0.2, 0.25) is 0 Å². The van der Waals surface area contributed by atoms with Crippen molar-refractivity contribution in [2.75, 3.05) is 53.2 Å². The van der Waals surface area contributed by atoms with Gasteiger partial charge in [-0.25, -0.2) is 0 Å². The lowest BCUT2D eigenvalue weighted by atomic mass is 9.85. The van der Waals surface area contributed by atoms with Crippen molar-refractivity contribution in [2.45, 2.75) is 12.8 Å². The summed E-state index contributed by atoms with van der Waals surface area (Å²) >= 11 is 0. The Bertz CT molecular complexity index is 205. The Hall–Kier alpha value is -0.160. The monoisotopic (exact) mass is 229 g/mol. The molecule has 0 bridgehead atoms. The van der Waals surface area contributed by atoms with Crippen LogP contribution in [0.2, 0.25) is 0 Å². The van der Waals surface area contributed by atoms with Crippen molar-refractivity contribution in [2.24, 2.45) is 11.3 Å². The molecule has 0 amide bonds. The minimum atomic E-state index is 0.0358. The highest BCUT2D eigenvalue weighted by molar-refractivity contribution is 4.89. The van der Waals surface area contributed by atoms with Gasteiger partial charge in [0.1, 0.15) is 0 Å². The van der Waals surface area contributed by atoms with Crippen molar-refractivity contribution in [3.05, 3.63) is 0 Å². The third-order valence-electron chi connectivity index (χ3n) is 3.82. The summed E-state index contributed by atoms with van der Waals surface area (Å²) in [6.07, 6.45) is 2.44. The van der Waals surface area contributed by atoms with E-state index in [4.69, 9.17) is 9.47 Å². The van der Waals surface area contributed by atoms with E-state index in [0.29, 0.717) is 0 Å². The molecule has 2 aliphatic heterocycles. The lowest BCUT2D eigenvalue weighted by Gasteiger charge is -2.44. The number of aliphatic hydroxyl groups is 1. The number of ether oxygens (including phenoxy) is 2. The molecule has 1 N–H and O–H groups in total. The number of hydrogen-bond donors (Lipinski definition) is 1. The molecule has 0 unspecified atom stereocenters. The molecule has 94 valence electrons. The molecule has 0 spiro atoms. The van der Waals surface area contributed by atoms with E-state index in [1.165, 1.54) is 12.8 Å². The van der Waals surface area contributed by atoms with Crippen molar-refractivity contribution in [3.8, 4) is 0 Å². The third kappa shape index (κ3) is 2.74. The van der Waals surface area contributed by atoms with Gasteiger partial charge in [0.15, 0.2) is 0 Å². The SMILES string of the molecule is COCC1CCN(CC2(CO)COC2)CC1. The van der Waals surface area contributed by atoms with Gasteiger partial charge in [-0.3, -0.25) is 0 Å². The fraction of sp³-hybridized carbons (Fsp3) is 1.00. The molecule has 4 heteroatoms. The fourth-order valence-electron chi connectivity index (χ4n) is 2.64. The van der Waals surface area contributed by atoms with E-state index in [9.17, 15) is 5.11 Å². The zero-order valence-electron chi connectivity index (χ0n) is 10.2. The van der Waals surface area contributed by atoms with E-state index >= 15 is 0 Å². The maximum Gasteiger partial charge on any atom is 0.0579 e. The zero-order chi connectivity index (χ0) is 11.4. The van der Waals surface area contributed by atoms with E-state index in [-0.39, 0.29) is 12.0 Å². The average molecular weight is 229 g/mol. The van der Waals surface area contributed by atoms with Gasteiger partial charge < -0.3 is 19.5 Å². The first-order valence-electron chi connectivity index (χ1n) is 6.18. The van der Waals surface area contributed by atoms with Crippen LogP contribution in [0.1, 0.15) is 12.8 Å². The van der Waals surface area contributed by atoms with Crippen LogP contribution in [0.4, 0.5) is 0 Å². The van der Waals surface area contributed by atoms with Crippen LogP contribution in [0.25, 0.3) is 0 Å². The molecule has 2 rings (SSSR count). The maximum atomic E-state index is 9.38. The summed E-state index contributed by atoms with van der Waals surface area (Å²) in [4.78, 5) is 2.46. The van der Waals surface area contributed by atoms with Gasteiger partial charge in [-0.1, -0.05) is 0 Å². The van der Waals surface area contributed by atoms with E-state index in [1.807, 2.05) is 0 Å². The van der Waals surface area contributed by atoms with Crippen molar-refractivity contribution in [1.29, 1.82) is 0 Å². The molecule has 0 aromatic carbocycles. The summed E-state index contributed by atoms with van der Waals surface area (Å²) in [5.74, 6) is 0.726. The topological polar surface area (TPSA) is 41.9 Å². The number of hydrogen-bond acceptors (Lipinski definition) is 4. The van der Waals surface area contributed by atoms with Gasteiger partial charge in [-0.05, 0) is 31.8 Å². The predicted octanol–water partition coefficient (Wildman–Crippen LogP) is 0.354. The van der Waals surface area contributed by atoms with Crippen molar-refractivity contribution in [1.82, 2.24) is 4.90 Å². The van der Waals surface area contributed by atoms with Crippen LogP contribution in [0.5, 0.6) is 0 Å². The van der Waals surface area contributed by atoms with Crippen LogP contribution in [-0.4, -0.2) is 63.2 Å². The lowest BCUT2D eigenvalue weighted by Crippen LogP contribution is -2.54. The van der Waals surface area contributed by atoms with Gasteiger partial charge in [0.05, 0.1) is 25.2 Å². The standard InChI is InChI=1S/C12H23NO3/c1-15-6-11-2-4-13(5-3-11)7-12(8-14)9-16-10-12/h11,14H,2-10H2,1H3. The highest BCUT2D eigenvalue weighted by Gasteiger charge is 2.40. The Morgan fingerprint density at radius 3 is 2.50 bits per heavy atom. The molecule has 16 heavy (non-hydrogen) atoms. The number of likely N-dealkylation sites (tertiary alicyclic amines) is 1. The minimum absolute atomic E-state index is 0.0358. The predicted molar refractivity (Wildman–Crippen MR) is 61.4 cm³/mol. The van der Waals surface area contributed by atoms with Crippen LogP contribution in [0, 0.1) is 11.3 Å². The fourth-order valence-corrected chi connectivity index (χ4v) is 2.64. The van der Waals surface area contributed by atoms with Gasteiger partial charge in [0.25, 0.3) is 0 Å². The largest absolute Gasteiger partial charge is 0.396 e.